The molecule has 7 heteroatoms. The number of rotatable bonds is 9. The number of ether oxygens (including phenoxy) is 2. The number of aromatic carboxylic acids is 1. The predicted molar refractivity (Wildman–Crippen MR) is 119 cm³/mol. The van der Waals surface area contributed by atoms with Crippen LogP contribution in [0.3, 0.4) is 0 Å². The van der Waals surface area contributed by atoms with Crippen LogP contribution in [0.15, 0.2) is 59.0 Å². The summed E-state index contributed by atoms with van der Waals surface area (Å²) in [5.41, 5.74) is 2.52. The number of hydrogen-bond acceptors (Lipinski definition) is 6. The molecule has 0 bridgehead atoms. The molecule has 0 spiro atoms. The second-order valence-electron chi connectivity index (χ2n) is 7.55. The zero-order valence-electron chi connectivity index (χ0n) is 18.3. The number of furan rings is 1. The van der Waals surface area contributed by atoms with Crippen molar-refractivity contribution in [2.75, 3.05) is 14.2 Å². The first-order chi connectivity index (χ1) is 15.5. The number of carboxylic acid groups (broad SMARTS) is 1. The van der Waals surface area contributed by atoms with Crippen LogP contribution >= 0.6 is 0 Å². The topological polar surface area (TPSA) is 88.7 Å². The summed E-state index contributed by atoms with van der Waals surface area (Å²) in [6.07, 6.45) is 0. The quantitative estimate of drug-likeness (QED) is 0.436. The van der Waals surface area contributed by atoms with E-state index in [1.54, 1.807) is 18.8 Å². The average Bonchev–Trinajstić information content (AvgIpc) is 3.35. The summed E-state index contributed by atoms with van der Waals surface area (Å²) in [7, 11) is 3.20. The Morgan fingerprint density at radius 3 is 2.34 bits per heavy atom. The molecular weight excluding hydrogens is 408 g/mol. The highest BCUT2D eigenvalue weighted by atomic mass is 16.5. The van der Waals surface area contributed by atoms with E-state index in [-0.39, 0.29) is 5.69 Å². The van der Waals surface area contributed by atoms with Crippen LogP contribution in [0.1, 0.15) is 33.1 Å². The highest BCUT2D eigenvalue weighted by Gasteiger charge is 2.19. The maximum absolute atomic E-state index is 12.3. The summed E-state index contributed by atoms with van der Waals surface area (Å²) in [4.78, 5) is 12.3. The van der Waals surface area contributed by atoms with Gasteiger partial charge in [-0.3, -0.25) is 0 Å². The molecule has 0 atom stereocenters. The lowest BCUT2D eigenvalue weighted by Gasteiger charge is -2.14. The fourth-order valence-electron chi connectivity index (χ4n) is 3.91. The van der Waals surface area contributed by atoms with E-state index < -0.39 is 5.97 Å². The number of benzene rings is 2. The molecule has 0 radical (unpaired) electrons. The summed E-state index contributed by atoms with van der Waals surface area (Å²) >= 11 is 0. The largest absolute Gasteiger partial charge is 0.543 e. The molecule has 166 valence electrons. The third-order valence-corrected chi connectivity index (χ3v) is 5.47. The van der Waals surface area contributed by atoms with Gasteiger partial charge in [0.25, 0.3) is 0 Å². The Bertz CT molecular complexity index is 1240. The summed E-state index contributed by atoms with van der Waals surface area (Å²) < 4.78 is 18.0. The van der Waals surface area contributed by atoms with Gasteiger partial charge in [0.2, 0.25) is 0 Å². The zero-order valence-corrected chi connectivity index (χ0v) is 18.3. The summed E-state index contributed by atoms with van der Waals surface area (Å²) in [6.45, 7) is 3.09. The molecule has 0 aliphatic rings. The molecule has 7 nitrogen and oxygen atoms in total. The van der Waals surface area contributed by atoms with E-state index in [1.165, 1.54) is 0 Å². The zero-order chi connectivity index (χ0) is 22.7. The molecule has 0 aliphatic heterocycles. The van der Waals surface area contributed by atoms with Crippen molar-refractivity contribution in [2.45, 2.75) is 26.6 Å². The maximum atomic E-state index is 12.3. The molecule has 0 saturated heterocycles. The average molecular weight is 433 g/mol. The van der Waals surface area contributed by atoms with Crippen molar-refractivity contribution in [1.82, 2.24) is 9.88 Å². The van der Waals surface area contributed by atoms with E-state index in [2.05, 4.69) is 5.32 Å². The molecule has 1 N–H and O–H groups in total. The first kappa shape index (κ1) is 21.5. The van der Waals surface area contributed by atoms with E-state index in [4.69, 9.17) is 13.9 Å². The summed E-state index contributed by atoms with van der Waals surface area (Å²) in [5.74, 6) is 1.80. The minimum atomic E-state index is -1.22. The minimum absolute atomic E-state index is 0.146. The van der Waals surface area contributed by atoms with E-state index >= 15 is 0 Å². The van der Waals surface area contributed by atoms with E-state index in [1.807, 2.05) is 61.5 Å². The van der Waals surface area contributed by atoms with Crippen LogP contribution in [-0.2, 0) is 19.6 Å². The number of carboxylic acids is 1. The molecule has 2 heterocycles. The molecule has 0 amide bonds. The lowest BCUT2D eigenvalue weighted by atomic mass is 10.1. The number of nitrogens with one attached hydrogen (secondary N) is 1. The molecule has 0 saturated carbocycles. The molecule has 32 heavy (non-hydrogen) atoms. The van der Waals surface area contributed by atoms with Crippen LogP contribution < -0.4 is 19.9 Å². The lowest BCUT2D eigenvalue weighted by Crippen LogP contribution is -2.28. The van der Waals surface area contributed by atoms with E-state index in [0.29, 0.717) is 30.9 Å². The molecule has 2 aromatic carbocycles. The second-order valence-corrected chi connectivity index (χ2v) is 7.55. The molecule has 0 aliphatic carbocycles. The first-order valence-corrected chi connectivity index (χ1v) is 10.3. The van der Waals surface area contributed by atoms with Gasteiger partial charge in [0.15, 0.2) is 0 Å². The Kier molecular flexibility index (Phi) is 6.18. The van der Waals surface area contributed by atoms with E-state index in [0.717, 1.165) is 33.7 Å². The fourth-order valence-corrected chi connectivity index (χ4v) is 3.91. The Morgan fingerprint density at radius 1 is 1.00 bits per heavy atom. The smallest absolute Gasteiger partial charge is 0.120 e. The molecule has 2 aromatic heterocycles. The van der Waals surface area contributed by atoms with Crippen LogP contribution in [0, 0.1) is 6.92 Å². The third-order valence-electron chi connectivity index (χ3n) is 5.47. The number of nitrogens with zero attached hydrogens (tertiary/aromatic N) is 1. The number of aryl methyl sites for hydroxylation is 1. The standard InChI is InChI=1S/C25H26N2O5/c1-16-4-7-20(32-16)13-26-14-22-21-11-10-19(31-3)12-23(21)27(24(22)25(28)29)15-17-5-8-18(30-2)9-6-17/h4-12,26H,13-15H2,1-3H3,(H,28,29)/p-1. The lowest BCUT2D eigenvalue weighted by molar-refractivity contribution is -0.255. The fraction of sp³-hybridized carbons (Fsp3) is 0.240. The Labute approximate surface area is 186 Å². The maximum Gasteiger partial charge on any atom is 0.120 e. The van der Waals surface area contributed by atoms with Crippen molar-refractivity contribution >= 4 is 16.9 Å². The Morgan fingerprint density at radius 2 is 1.72 bits per heavy atom. The first-order valence-electron chi connectivity index (χ1n) is 10.3. The van der Waals surface area contributed by atoms with Crippen molar-refractivity contribution in [3.63, 3.8) is 0 Å². The molecule has 0 unspecified atom stereocenters. The molecule has 4 rings (SSSR count). The number of aromatic nitrogens is 1. The van der Waals surface area contributed by atoms with Gasteiger partial charge in [-0.05, 0) is 48.9 Å². The van der Waals surface area contributed by atoms with Gasteiger partial charge < -0.3 is 33.7 Å². The van der Waals surface area contributed by atoms with Gasteiger partial charge in [-0.25, -0.2) is 0 Å². The van der Waals surface area contributed by atoms with E-state index in [9.17, 15) is 9.90 Å². The molecule has 4 aromatic rings. The van der Waals surface area contributed by atoms with Gasteiger partial charge >= 0.3 is 0 Å². The number of methoxy groups -OCH3 is 2. The van der Waals surface area contributed by atoms with Crippen molar-refractivity contribution in [3.8, 4) is 11.5 Å². The highest BCUT2D eigenvalue weighted by Crippen LogP contribution is 2.30. The predicted octanol–water partition coefficient (Wildman–Crippen LogP) is 3.26. The second kappa shape index (κ2) is 9.20. The van der Waals surface area contributed by atoms with Crippen LogP contribution in [0.25, 0.3) is 10.9 Å². The molecular formula is C25H25N2O5-. The van der Waals surface area contributed by atoms with Gasteiger partial charge in [-0.2, -0.15) is 0 Å². The number of carbonyl (C=O) groups is 1. The van der Waals surface area contributed by atoms with Gasteiger partial charge in [0.1, 0.15) is 23.0 Å². The Balaban J connectivity index is 1.74. The van der Waals surface area contributed by atoms with Crippen molar-refractivity contribution in [1.29, 1.82) is 0 Å². The van der Waals surface area contributed by atoms with Crippen molar-refractivity contribution < 1.29 is 23.8 Å². The normalized spacial score (nSPS) is 11.1. The van der Waals surface area contributed by atoms with Gasteiger partial charge in [-0.15, -0.1) is 0 Å². The van der Waals surface area contributed by atoms with Gasteiger partial charge in [-0.1, -0.05) is 12.1 Å². The Hall–Kier alpha value is -3.71. The number of hydrogen-bond donors (Lipinski definition) is 1. The SMILES string of the molecule is COc1ccc(Cn2c(C(=O)[O-])c(CNCc3ccc(C)o3)c3ccc(OC)cc32)cc1. The third kappa shape index (κ3) is 4.33. The molecule has 0 fully saturated rings. The number of fused-ring (bicyclic) bond motifs is 1. The van der Waals surface area contributed by atoms with Gasteiger partial charge in [0, 0.05) is 30.1 Å². The van der Waals surface area contributed by atoms with Crippen LogP contribution in [0.5, 0.6) is 11.5 Å². The van der Waals surface area contributed by atoms with Gasteiger partial charge in [0.05, 0.1) is 37.9 Å². The highest BCUT2D eigenvalue weighted by molar-refractivity contribution is 5.98. The summed E-state index contributed by atoms with van der Waals surface area (Å²) in [5, 5.41) is 16.4. The van der Waals surface area contributed by atoms with Crippen LogP contribution in [0.2, 0.25) is 0 Å². The van der Waals surface area contributed by atoms with Crippen molar-refractivity contribution in [2.24, 2.45) is 0 Å². The van der Waals surface area contributed by atoms with Crippen molar-refractivity contribution in [3.05, 3.63) is 82.9 Å². The minimum Gasteiger partial charge on any atom is -0.543 e. The number of carbonyl (C=O) groups excluding carboxylic acids is 1. The van der Waals surface area contributed by atoms with Crippen LogP contribution in [-0.4, -0.2) is 24.8 Å². The van der Waals surface area contributed by atoms with Crippen LogP contribution in [0.4, 0.5) is 0 Å². The summed E-state index contributed by atoms with van der Waals surface area (Å²) in [6, 6.07) is 16.9. The monoisotopic (exact) mass is 433 g/mol.